The molecule has 3 atom stereocenters. The van der Waals surface area contributed by atoms with Gasteiger partial charge in [0.25, 0.3) is 0 Å². The number of hydrogen-bond acceptors (Lipinski definition) is 4. The zero-order valence-corrected chi connectivity index (χ0v) is 12.3. The fourth-order valence-electron chi connectivity index (χ4n) is 3.32. The van der Waals surface area contributed by atoms with E-state index >= 15 is 0 Å². The van der Waals surface area contributed by atoms with Crippen molar-refractivity contribution in [1.29, 1.82) is 0 Å². The first-order chi connectivity index (χ1) is 8.67. The minimum atomic E-state index is -0.0111. The van der Waals surface area contributed by atoms with Crippen molar-refractivity contribution in [3.8, 4) is 0 Å². The Morgan fingerprint density at radius 2 is 2.22 bits per heavy atom. The number of methoxy groups -OCH3 is 1. The van der Waals surface area contributed by atoms with Gasteiger partial charge in [-0.1, -0.05) is 13.8 Å². The van der Waals surface area contributed by atoms with Crippen molar-refractivity contribution in [3.63, 3.8) is 0 Å². The first kappa shape index (κ1) is 14.2. The lowest BCUT2D eigenvalue weighted by atomic mass is 9.58. The van der Waals surface area contributed by atoms with E-state index in [2.05, 4.69) is 24.5 Å². The van der Waals surface area contributed by atoms with Crippen LogP contribution >= 0.6 is 11.8 Å². The molecule has 1 saturated carbocycles. The molecule has 18 heavy (non-hydrogen) atoms. The van der Waals surface area contributed by atoms with Gasteiger partial charge in [-0.25, -0.2) is 0 Å². The van der Waals surface area contributed by atoms with E-state index in [9.17, 15) is 4.79 Å². The van der Waals surface area contributed by atoms with Crippen LogP contribution in [0.5, 0.6) is 0 Å². The topological polar surface area (TPSA) is 50.4 Å². The summed E-state index contributed by atoms with van der Waals surface area (Å²) in [5.41, 5.74) is 0.135. The number of carbonyl (C=O) groups excluding carboxylic acids is 1. The second-order valence-electron chi connectivity index (χ2n) is 5.23. The number of amides is 1. The zero-order chi connectivity index (χ0) is 13.2. The van der Waals surface area contributed by atoms with Crippen LogP contribution in [0.3, 0.4) is 0 Å². The average molecular weight is 272 g/mol. The SMILES string of the molecule is CCC1(CC)[C@H](NC(=O)[C@@H]2CSCN2)C[C@H]1OC. The van der Waals surface area contributed by atoms with Crippen LogP contribution in [0.4, 0.5) is 0 Å². The number of nitrogens with one attached hydrogen (secondary N) is 2. The molecule has 0 aromatic carbocycles. The molecule has 1 amide bonds. The maximum Gasteiger partial charge on any atom is 0.238 e. The highest BCUT2D eigenvalue weighted by atomic mass is 32.2. The van der Waals surface area contributed by atoms with Crippen molar-refractivity contribution in [2.45, 2.75) is 51.3 Å². The normalized spacial score (nSPS) is 34.1. The largest absolute Gasteiger partial charge is 0.381 e. The molecule has 1 saturated heterocycles. The molecule has 2 rings (SSSR count). The molecule has 2 fully saturated rings. The van der Waals surface area contributed by atoms with Crippen LogP contribution < -0.4 is 10.6 Å². The molecule has 5 heteroatoms. The van der Waals surface area contributed by atoms with Gasteiger partial charge in [0.1, 0.15) is 0 Å². The van der Waals surface area contributed by atoms with Gasteiger partial charge in [0.2, 0.25) is 5.91 Å². The zero-order valence-electron chi connectivity index (χ0n) is 11.5. The lowest BCUT2D eigenvalue weighted by Gasteiger charge is -2.55. The van der Waals surface area contributed by atoms with Gasteiger partial charge in [-0.05, 0) is 19.3 Å². The third kappa shape index (κ3) is 2.28. The molecule has 0 bridgehead atoms. The van der Waals surface area contributed by atoms with Gasteiger partial charge in [0.15, 0.2) is 0 Å². The number of thioether (sulfide) groups is 1. The third-order valence-corrected chi connectivity index (χ3v) is 5.68. The summed E-state index contributed by atoms with van der Waals surface area (Å²) in [7, 11) is 1.78. The Morgan fingerprint density at radius 1 is 1.50 bits per heavy atom. The Balaban J connectivity index is 1.95. The summed E-state index contributed by atoms with van der Waals surface area (Å²) in [5, 5.41) is 6.44. The maximum atomic E-state index is 12.1. The lowest BCUT2D eigenvalue weighted by Crippen LogP contribution is -2.65. The lowest BCUT2D eigenvalue weighted by molar-refractivity contribution is -0.142. The Labute approximate surface area is 114 Å². The van der Waals surface area contributed by atoms with Gasteiger partial charge in [0, 0.05) is 30.2 Å². The van der Waals surface area contributed by atoms with Crippen LogP contribution in [0.2, 0.25) is 0 Å². The van der Waals surface area contributed by atoms with Crippen molar-refractivity contribution in [3.05, 3.63) is 0 Å². The molecule has 0 radical (unpaired) electrons. The molecule has 0 aromatic rings. The quantitative estimate of drug-likeness (QED) is 0.793. The van der Waals surface area contributed by atoms with Crippen LogP contribution in [0.15, 0.2) is 0 Å². The number of ether oxygens (including phenoxy) is 1. The standard InChI is InChI=1S/C13H24N2O2S/c1-4-13(5-2)10(6-11(13)17-3)15-12(16)9-7-18-8-14-9/h9-11,14H,4-8H2,1-3H3,(H,15,16)/t9-,10+,11+/m0/s1. The van der Waals surface area contributed by atoms with Crippen molar-refractivity contribution in [2.24, 2.45) is 5.41 Å². The van der Waals surface area contributed by atoms with Gasteiger partial charge >= 0.3 is 0 Å². The molecule has 104 valence electrons. The predicted octanol–water partition coefficient (Wildman–Crippen LogP) is 1.36. The van der Waals surface area contributed by atoms with Crippen LogP contribution in [0.25, 0.3) is 0 Å². The third-order valence-electron chi connectivity index (χ3n) is 4.74. The monoisotopic (exact) mass is 272 g/mol. The summed E-state index contributed by atoms with van der Waals surface area (Å²) in [6.45, 7) is 4.38. The first-order valence-electron chi connectivity index (χ1n) is 6.82. The molecular weight excluding hydrogens is 248 g/mol. The second kappa shape index (κ2) is 5.80. The Bertz CT molecular complexity index is 301. The second-order valence-corrected chi connectivity index (χ2v) is 6.26. The predicted molar refractivity (Wildman–Crippen MR) is 74.6 cm³/mol. The van der Waals surface area contributed by atoms with Crippen molar-refractivity contribution < 1.29 is 9.53 Å². The first-order valence-corrected chi connectivity index (χ1v) is 7.97. The van der Waals surface area contributed by atoms with E-state index in [0.717, 1.165) is 30.9 Å². The highest BCUT2D eigenvalue weighted by Crippen LogP contribution is 2.48. The van der Waals surface area contributed by atoms with E-state index in [4.69, 9.17) is 4.74 Å². The molecule has 1 aliphatic heterocycles. The Kier molecular flexibility index (Phi) is 4.56. The molecule has 2 N–H and O–H groups in total. The molecule has 1 heterocycles. The van der Waals surface area contributed by atoms with Crippen molar-refractivity contribution in [1.82, 2.24) is 10.6 Å². The molecule has 2 aliphatic rings. The number of rotatable bonds is 5. The minimum absolute atomic E-state index is 0.0111. The molecule has 1 aliphatic carbocycles. The summed E-state index contributed by atoms with van der Waals surface area (Å²) in [5.74, 6) is 1.93. The molecule has 0 unspecified atom stereocenters. The van der Waals surface area contributed by atoms with Gasteiger partial charge < -0.3 is 10.1 Å². The molecule has 0 spiro atoms. The molecular formula is C13H24N2O2S. The van der Waals surface area contributed by atoms with Crippen LogP contribution in [-0.2, 0) is 9.53 Å². The highest BCUT2D eigenvalue weighted by molar-refractivity contribution is 7.99. The van der Waals surface area contributed by atoms with E-state index in [1.807, 2.05) is 0 Å². The van der Waals surface area contributed by atoms with Gasteiger partial charge in [0.05, 0.1) is 12.1 Å². The maximum absolute atomic E-state index is 12.1. The molecule has 0 aromatic heterocycles. The Hall–Kier alpha value is -0.260. The summed E-state index contributed by atoms with van der Waals surface area (Å²) < 4.78 is 5.55. The fraction of sp³-hybridized carbons (Fsp3) is 0.923. The van der Waals surface area contributed by atoms with Crippen molar-refractivity contribution >= 4 is 17.7 Å². The van der Waals surface area contributed by atoms with Gasteiger partial charge in [-0.3, -0.25) is 10.1 Å². The van der Waals surface area contributed by atoms with Crippen LogP contribution in [0.1, 0.15) is 33.1 Å². The highest BCUT2D eigenvalue weighted by Gasteiger charge is 2.53. The van der Waals surface area contributed by atoms with E-state index in [1.54, 1.807) is 18.9 Å². The van der Waals surface area contributed by atoms with E-state index < -0.39 is 0 Å². The molecule has 4 nitrogen and oxygen atoms in total. The van der Waals surface area contributed by atoms with Crippen molar-refractivity contribution in [2.75, 3.05) is 18.7 Å². The fourth-order valence-corrected chi connectivity index (χ4v) is 4.26. The summed E-state index contributed by atoms with van der Waals surface area (Å²) >= 11 is 1.78. The number of carbonyl (C=O) groups is 1. The average Bonchev–Trinajstić information content (AvgIpc) is 2.89. The minimum Gasteiger partial charge on any atom is -0.381 e. The van der Waals surface area contributed by atoms with E-state index in [-0.39, 0.29) is 23.4 Å². The summed E-state index contributed by atoms with van der Waals surface area (Å²) in [6.07, 6.45) is 3.35. The summed E-state index contributed by atoms with van der Waals surface area (Å²) in [6, 6.07) is 0.264. The van der Waals surface area contributed by atoms with E-state index in [0.29, 0.717) is 6.10 Å². The van der Waals surface area contributed by atoms with Crippen LogP contribution in [-0.4, -0.2) is 42.8 Å². The number of hydrogen-bond donors (Lipinski definition) is 2. The smallest absolute Gasteiger partial charge is 0.238 e. The Morgan fingerprint density at radius 3 is 2.72 bits per heavy atom. The summed E-state index contributed by atoms with van der Waals surface area (Å²) in [4.78, 5) is 12.1. The van der Waals surface area contributed by atoms with Crippen LogP contribution in [0, 0.1) is 5.41 Å². The van der Waals surface area contributed by atoms with Gasteiger partial charge in [-0.15, -0.1) is 11.8 Å². The van der Waals surface area contributed by atoms with Gasteiger partial charge in [-0.2, -0.15) is 0 Å². The van der Waals surface area contributed by atoms with E-state index in [1.165, 1.54) is 0 Å².